The molecule has 124 valence electrons. The lowest BCUT2D eigenvalue weighted by Crippen LogP contribution is -2.16. The summed E-state index contributed by atoms with van der Waals surface area (Å²) in [5.74, 6) is -0.410. The van der Waals surface area contributed by atoms with E-state index in [1.165, 1.54) is 0 Å². The van der Waals surface area contributed by atoms with Gasteiger partial charge >= 0.3 is 0 Å². The Morgan fingerprint density at radius 1 is 1.22 bits per heavy atom. The van der Waals surface area contributed by atoms with Gasteiger partial charge in [-0.15, -0.1) is 0 Å². The van der Waals surface area contributed by atoms with Crippen LogP contribution in [0.1, 0.15) is 28.2 Å². The molecule has 0 bridgehead atoms. The van der Waals surface area contributed by atoms with Crippen molar-refractivity contribution in [3.8, 4) is 11.1 Å². The standard InChI is InChI=1S/C18H24ClN3O/c1-12-16(14-8-5-6-9-15(14)19)17(18(20)23)13(2)22(12)11-7-10-21(3)4/h5-6,8-9H,7,10-11H2,1-4H3,(H2,20,23). The third-order valence-corrected chi connectivity index (χ3v) is 4.49. The average Bonchev–Trinajstić information content (AvgIpc) is 2.72. The van der Waals surface area contributed by atoms with E-state index in [0.29, 0.717) is 10.6 Å². The minimum absolute atomic E-state index is 0.410. The molecule has 0 aliphatic heterocycles. The van der Waals surface area contributed by atoms with E-state index in [-0.39, 0.29) is 0 Å². The maximum Gasteiger partial charge on any atom is 0.251 e. The molecule has 0 unspecified atom stereocenters. The number of amides is 1. The van der Waals surface area contributed by atoms with Gasteiger partial charge in [-0.25, -0.2) is 0 Å². The summed E-state index contributed by atoms with van der Waals surface area (Å²) in [6.45, 7) is 5.81. The van der Waals surface area contributed by atoms with Crippen molar-refractivity contribution in [2.24, 2.45) is 5.73 Å². The zero-order chi connectivity index (χ0) is 17.1. The van der Waals surface area contributed by atoms with E-state index >= 15 is 0 Å². The summed E-state index contributed by atoms with van der Waals surface area (Å²) >= 11 is 6.35. The van der Waals surface area contributed by atoms with Crippen LogP contribution in [0.5, 0.6) is 0 Å². The first-order valence-corrected chi connectivity index (χ1v) is 8.11. The van der Waals surface area contributed by atoms with Gasteiger partial charge in [0.05, 0.1) is 5.56 Å². The normalized spacial score (nSPS) is 11.2. The van der Waals surface area contributed by atoms with E-state index in [2.05, 4.69) is 23.6 Å². The molecule has 0 atom stereocenters. The number of rotatable bonds is 6. The average molecular weight is 334 g/mol. The first kappa shape index (κ1) is 17.6. The predicted octanol–water partition coefficient (Wildman–Crippen LogP) is 3.48. The van der Waals surface area contributed by atoms with Crippen LogP contribution in [0.3, 0.4) is 0 Å². The van der Waals surface area contributed by atoms with Crippen molar-refractivity contribution >= 4 is 17.5 Å². The number of benzene rings is 1. The number of carbonyl (C=O) groups is 1. The highest BCUT2D eigenvalue weighted by Crippen LogP contribution is 2.36. The number of aromatic nitrogens is 1. The summed E-state index contributed by atoms with van der Waals surface area (Å²) < 4.78 is 2.17. The summed E-state index contributed by atoms with van der Waals surface area (Å²) in [4.78, 5) is 14.2. The molecule has 4 nitrogen and oxygen atoms in total. The minimum atomic E-state index is -0.410. The van der Waals surface area contributed by atoms with E-state index in [1.807, 2.05) is 38.1 Å². The third kappa shape index (κ3) is 3.59. The first-order valence-electron chi connectivity index (χ1n) is 7.73. The summed E-state index contributed by atoms with van der Waals surface area (Å²) in [7, 11) is 4.11. The van der Waals surface area contributed by atoms with Crippen molar-refractivity contribution < 1.29 is 4.79 Å². The molecule has 1 aromatic carbocycles. The number of hydrogen-bond donors (Lipinski definition) is 1. The fourth-order valence-electron chi connectivity index (χ4n) is 3.06. The minimum Gasteiger partial charge on any atom is -0.366 e. The molecule has 0 fully saturated rings. The first-order chi connectivity index (χ1) is 10.8. The van der Waals surface area contributed by atoms with Gasteiger partial charge in [-0.05, 0) is 47.0 Å². The lowest BCUT2D eigenvalue weighted by molar-refractivity contribution is 0.1000. The van der Waals surface area contributed by atoms with Crippen molar-refractivity contribution in [1.82, 2.24) is 9.47 Å². The van der Waals surface area contributed by atoms with Crippen LogP contribution in [0, 0.1) is 13.8 Å². The van der Waals surface area contributed by atoms with Crippen LogP contribution in [0.15, 0.2) is 24.3 Å². The second-order valence-corrected chi connectivity index (χ2v) is 6.48. The zero-order valence-electron chi connectivity index (χ0n) is 14.2. The van der Waals surface area contributed by atoms with Crippen LogP contribution >= 0.6 is 11.6 Å². The van der Waals surface area contributed by atoms with Crippen molar-refractivity contribution in [2.75, 3.05) is 20.6 Å². The molecule has 23 heavy (non-hydrogen) atoms. The topological polar surface area (TPSA) is 51.3 Å². The van der Waals surface area contributed by atoms with Crippen molar-refractivity contribution in [1.29, 1.82) is 0 Å². The highest BCUT2D eigenvalue weighted by molar-refractivity contribution is 6.33. The Balaban J connectivity index is 2.54. The summed E-state index contributed by atoms with van der Waals surface area (Å²) in [5.41, 5.74) is 9.87. The second-order valence-electron chi connectivity index (χ2n) is 6.07. The molecular formula is C18H24ClN3O. The number of nitrogens with two attached hydrogens (primary N) is 1. The molecule has 0 radical (unpaired) electrons. The Hall–Kier alpha value is -1.78. The fourth-order valence-corrected chi connectivity index (χ4v) is 3.29. The highest BCUT2D eigenvalue weighted by Gasteiger charge is 2.23. The van der Waals surface area contributed by atoms with Gasteiger partial charge in [0.25, 0.3) is 5.91 Å². The Morgan fingerprint density at radius 2 is 1.87 bits per heavy atom. The molecule has 1 aromatic heterocycles. The lowest BCUT2D eigenvalue weighted by atomic mass is 10.00. The number of nitrogens with zero attached hydrogens (tertiary/aromatic N) is 2. The number of hydrogen-bond acceptors (Lipinski definition) is 2. The molecule has 2 aromatic rings. The summed E-state index contributed by atoms with van der Waals surface area (Å²) in [6.07, 6.45) is 1.00. The number of primary amides is 1. The molecule has 0 spiro atoms. The van der Waals surface area contributed by atoms with Crippen LogP contribution in [0.25, 0.3) is 11.1 Å². The monoisotopic (exact) mass is 333 g/mol. The molecule has 0 saturated carbocycles. The van der Waals surface area contributed by atoms with Crippen molar-refractivity contribution in [3.05, 3.63) is 46.2 Å². The van der Waals surface area contributed by atoms with Crippen LogP contribution in [-0.4, -0.2) is 36.0 Å². The van der Waals surface area contributed by atoms with Gasteiger partial charge in [0, 0.05) is 34.1 Å². The predicted molar refractivity (Wildman–Crippen MR) is 96.0 cm³/mol. The zero-order valence-corrected chi connectivity index (χ0v) is 14.9. The smallest absolute Gasteiger partial charge is 0.251 e. The van der Waals surface area contributed by atoms with Gasteiger partial charge < -0.3 is 15.2 Å². The van der Waals surface area contributed by atoms with Gasteiger partial charge in [0.1, 0.15) is 0 Å². The van der Waals surface area contributed by atoms with Gasteiger partial charge in [0.15, 0.2) is 0 Å². The highest BCUT2D eigenvalue weighted by atomic mass is 35.5. The molecular weight excluding hydrogens is 310 g/mol. The molecule has 0 saturated heterocycles. The summed E-state index contributed by atoms with van der Waals surface area (Å²) in [6, 6.07) is 7.57. The number of halogens is 1. The van der Waals surface area contributed by atoms with Crippen molar-refractivity contribution in [2.45, 2.75) is 26.8 Å². The fraction of sp³-hybridized carbons (Fsp3) is 0.389. The maximum absolute atomic E-state index is 12.0. The molecule has 5 heteroatoms. The Labute approximate surface area is 142 Å². The Bertz CT molecular complexity index is 719. The Kier molecular flexibility index (Phi) is 5.50. The molecule has 1 amide bonds. The van der Waals surface area contributed by atoms with E-state index in [0.717, 1.165) is 42.0 Å². The van der Waals surface area contributed by atoms with Crippen LogP contribution in [-0.2, 0) is 6.54 Å². The maximum atomic E-state index is 12.0. The Morgan fingerprint density at radius 3 is 2.43 bits per heavy atom. The molecule has 2 N–H and O–H groups in total. The van der Waals surface area contributed by atoms with Crippen LogP contribution < -0.4 is 5.73 Å². The molecule has 0 aliphatic rings. The van der Waals surface area contributed by atoms with E-state index < -0.39 is 5.91 Å². The van der Waals surface area contributed by atoms with Gasteiger partial charge in [-0.2, -0.15) is 0 Å². The van der Waals surface area contributed by atoms with Gasteiger partial charge in [-0.1, -0.05) is 29.8 Å². The van der Waals surface area contributed by atoms with E-state index in [1.54, 1.807) is 0 Å². The van der Waals surface area contributed by atoms with Crippen LogP contribution in [0.4, 0.5) is 0 Å². The van der Waals surface area contributed by atoms with E-state index in [9.17, 15) is 4.79 Å². The molecule has 2 rings (SSSR count). The van der Waals surface area contributed by atoms with Crippen molar-refractivity contribution in [3.63, 3.8) is 0 Å². The molecule has 1 heterocycles. The SMILES string of the molecule is Cc1c(C(N)=O)c(-c2ccccc2Cl)c(C)n1CCCN(C)C. The third-order valence-electron chi connectivity index (χ3n) is 4.16. The van der Waals surface area contributed by atoms with E-state index in [4.69, 9.17) is 17.3 Å². The summed E-state index contributed by atoms with van der Waals surface area (Å²) in [5, 5.41) is 0.628. The van der Waals surface area contributed by atoms with Gasteiger partial charge in [-0.3, -0.25) is 4.79 Å². The van der Waals surface area contributed by atoms with Gasteiger partial charge in [0.2, 0.25) is 0 Å². The quantitative estimate of drug-likeness (QED) is 0.880. The van der Waals surface area contributed by atoms with Crippen LogP contribution in [0.2, 0.25) is 5.02 Å². The lowest BCUT2D eigenvalue weighted by Gasteiger charge is -2.13. The second kappa shape index (κ2) is 7.20. The largest absolute Gasteiger partial charge is 0.366 e. The number of carbonyl (C=O) groups excluding carboxylic acids is 1. The molecule has 0 aliphatic carbocycles.